The van der Waals surface area contributed by atoms with Crippen molar-refractivity contribution >= 4 is 10.0 Å². The summed E-state index contributed by atoms with van der Waals surface area (Å²) in [6, 6.07) is 6.83. The van der Waals surface area contributed by atoms with E-state index in [0.29, 0.717) is 5.76 Å². The molecule has 0 spiro atoms. The topological polar surface area (TPSA) is 88.8 Å². The highest BCUT2D eigenvalue weighted by Crippen LogP contribution is 2.24. The molecule has 0 aliphatic rings. The number of aliphatic hydroxyl groups excluding tert-OH is 1. The number of furan rings is 1. The Morgan fingerprint density at radius 1 is 1.21 bits per heavy atom. The summed E-state index contributed by atoms with van der Waals surface area (Å²) in [5.74, 6) is 0.226. The van der Waals surface area contributed by atoms with Crippen molar-refractivity contribution in [3.05, 3.63) is 47.9 Å². The lowest BCUT2D eigenvalue weighted by molar-refractivity contribution is -0.274. The molecular weight excluding hydrogens is 351 g/mol. The molecule has 0 bridgehead atoms. The number of aliphatic hydroxyl groups is 1. The molecule has 0 radical (unpaired) electrons. The van der Waals surface area contributed by atoms with Gasteiger partial charge in [0.25, 0.3) is 0 Å². The number of sulfonamides is 1. The molecule has 0 saturated heterocycles. The molecule has 2 rings (SSSR count). The highest BCUT2D eigenvalue weighted by Gasteiger charge is 2.31. The highest BCUT2D eigenvalue weighted by atomic mass is 32.2. The lowest BCUT2D eigenvalue weighted by atomic mass is 10.3. The third-order valence-corrected chi connectivity index (χ3v) is 4.36. The number of benzene rings is 1. The van der Waals surface area contributed by atoms with Crippen molar-refractivity contribution in [1.29, 1.82) is 0 Å². The zero-order chi connectivity index (χ0) is 18.0. The van der Waals surface area contributed by atoms with E-state index in [2.05, 4.69) is 9.46 Å². The van der Waals surface area contributed by atoms with Crippen LogP contribution in [0.2, 0.25) is 0 Å². The Morgan fingerprint density at radius 2 is 1.83 bits per heavy atom. The van der Waals surface area contributed by atoms with E-state index in [1.165, 1.54) is 6.07 Å². The van der Waals surface area contributed by atoms with Gasteiger partial charge in [-0.05, 0) is 43.3 Å². The van der Waals surface area contributed by atoms with Crippen molar-refractivity contribution in [1.82, 2.24) is 4.72 Å². The van der Waals surface area contributed by atoms with Gasteiger partial charge in [0.05, 0.1) is 4.90 Å². The summed E-state index contributed by atoms with van der Waals surface area (Å²) in [5, 5.41) is 9.85. The average Bonchev–Trinajstić information content (AvgIpc) is 2.90. The summed E-state index contributed by atoms with van der Waals surface area (Å²) in [7, 11) is -4.01. The van der Waals surface area contributed by atoms with Gasteiger partial charge in [-0.2, -0.15) is 0 Å². The van der Waals surface area contributed by atoms with Crippen molar-refractivity contribution < 1.29 is 35.8 Å². The second-order valence-corrected chi connectivity index (χ2v) is 6.60. The normalized spacial score (nSPS) is 13.7. The fourth-order valence-corrected chi connectivity index (χ4v) is 2.86. The van der Waals surface area contributed by atoms with Crippen LogP contribution in [-0.4, -0.2) is 26.4 Å². The molecule has 0 amide bonds. The van der Waals surface area contributed by atoms with Gasteiger partial charge in [-0.1, -0.05) is 0 Å². The van der Waals surface area contributed by atoms with Gasteiger partial charge in [-0.25, -0.2) is 13.1 Å². The van der Waals surface area contributed by atoms with E-state index in [-0.39, 0.29) is 17.2 Å². The minimum absolute atomic E-state index is 0.198. The van der Waals surface area contributed by atoms with E-state index in [1.807, 2.05) is 0 Å². The lowest BCUT2D eigenvalue weighted by Gasteiger charge is -2.12. The van der Waals surface area contributed by atoms with Gasteiger partial charge in [-0.15, -0.1) is 13.2 Å². The summed E-state index contributed by atoms with van der Waals surface area (Å²) in [4.78, 5) is -0.264. The molecule has 0 fully saturated rings. The maximum Gasteiger partial charge on any atom is 0.573 e. The smallest absolute Gasteiger partial charge is 0.464 e. The van der Waals surface area contributed by atoms with Crippen molar-refractivity contribution in [2.24, 2.45) is 0 Å². The first-order valence-electron chi connectivity index (χ1n) is 6.67. The molecule has 0 aliphatic carbocycles. The standard InChI is InChI=1S/C14H14F3NO5S/c1-9-2-7-13(22-9)12(19)8-18-24(20,21)11-5-3-10(4-6-11)23-14(15,16)17/h2-7,12,18-19H,8H2,1H3/t12-/m0/s1. The molecule has 0 unspecified atom stereocenters. The number of hydrogen-bond donors (Lipinski definition) is 2. The fourth-order valence-electron chi connectivity index (χ4n) is 1.83. The Labute approximate surface area is 135 Å². The molecule has 0 saturated carbocycles. The Kier molecular flexibility index (Phi) is 5.21. The van der Waals surface area contributed by atoms with Crippen molar-refractivity contribution in [3.63, 3.8) is 0 Å². The molecular formula is C14H14F3NO5S. The van der Waals surface area contributed by atoms with Gasteiger partial charge in [0, 0.05) is 6.54 Å². The zero-order valence-electron chi connectivity index (χ0n) is 12.4. The first kappa shape index (κ1) is 18.3. The molecule has 6 nitrogen and oxygen atoms in total. The Bertz CT molecular complexity index is 783. The molecule has 1 aromatic carbocycles. The van der Waals surface area contributed by atoms with E-state index in [4.69, 9.17) is 4.42 Å². The van der Waals surface area contributed by atoms with Crippen LogP contribution in [0, 0.1) is 6.92 Å². The van der Waals surface area contributed by atoms with Crippen LogP contribution in [-0.2, 0) is 10.0 Å². The summed E-state index contributed by atoms with van der Waals surface area (Å²) < 4.78 is 71.3. The van der Waals surface area contributed by atoms with Crippen molar-refractivity contribution in [3.8, 4) is 5.75 Å². The largest absolute Gasteiger partial charge is 0.573 e. The Morgan fingerprint density at radius 3 is 2.33 bits per heavy atom. The molecule has 24 heavy (non-hydrogen) atoms. The first-order chi connectivity index (χ1) is 11.1. The Balaban J connectivity index is 2.02. The van der Waals surface area contributed by atoms with Crippen LogP contribution in [0.15, 0.2) is 45.7 Å². The van der Waals surface area contributed by atoms with Crippen LogP contribution < -0.4 is 9.46 Å². The van der Waals surface area contributed by atoms with Crippen molar-refractivity contribution in [2.75, 3.05) is 6.54 Å². The zero-order valence-corrected chi connectivity index (χ0v) is 13.2. The van der Waals surface area contributed by atoms with Crippen LogP contribution >= 0.6 is 0 Å². The van der Waals surface area contributed by atoms with Crippen LogP contribution in [0.1, 0.15) is 17.6 Å². The van der Waals surface area contributed by atoms with Gasteiger partial charge < -0.3 is 14.3 Å². The molecule has 132 valence electrons. The molecule has 1 atom stereocenters. The van der Waals surface area contributed by atoms with Gasteiger partial charge in [0.2, 0.25) is 10.0 Å². The summed E-state index contributed by atoms with van der Waals surface area (Å²) >= 11 is 0. The summed E-state index contributed by atoms with van der Waals surface area (Å²) in [6.45, 7) is 1.32. The summed E-state index contributed by atoms with van der Waals surface area (Å²) in [5.41, 5.74) is 0. The number of halogens is 3. The van der Waals surface area contributed by atoms with Crippen LogP contribution in [0.4, 0.5) is 13.2 Å². The quantitative estimate of drug-likeness (QED) is 0.821. The van der Waals surface area contributed by atoms with E-state index in [9.17, 15) is 26.7 Å². The van der Waals surface area contributed by atoms with Crippen LogP contribution in [0.25, 0.3) is 0 Å². The SMILES string of the molecule is Cc1ccc([C@@H](O)CNS(=O)(=O)c2ccc(OC(F)(F)F)cc2)o1. The predicted molar refractivity (Wildman–Crippen MR) is 76.7 cm³/mol. The highest BCUT2D eigenvalue weighted by molar-refractivity contribution is 7.89. The van der Waals surface area contributed by atoms with Gasteiger partial charge >= 0.3 is 6.36 Å². The minimum Gasteiger partial charge on any atom is -0.464 e. The monoisotopic (exact) mass is 365 g/mol. The molecule has 1 heterocycles. The maximum absolute atomic E-state index is 12.1. The number of aryl methyl sites for hydroxylation is 1. The second-order valence-electron chi connectivity index (χ2n) is 4.84. The van der Waals surface area contributed by atoms with E-state index in [1.54, 1.807) is 13.0 Å². The van der Waals surface area contributed by atoms with Gasteiger partial charge in [0.1, 0.15) is 23.4 Å². The number of nitrogens with one attached hydrogen (secondary N) is 1. The predicted octanol–water partition coefficient (Wildman–Crippen LogP) is 2.50. The number of hydrogen-bond acceptors (Lipinski definition) is 5. The van der Waals surface area contributed by atoms with E-state index < -0.39 is 28.2 Å². The summed E-state index contributed by atoms with van der Waals surface area (Å²) in [6.07, 6.45) is -6.05. The first-order valence-corrected chi connectivity index (χ1v) is 8.15. The number of ether oxygens (including phenoxy) is 1. The molecule has 0 aliphatic heterocycles. The van der Waals surface area contributed by atoms with Crippen LogP contribution in [0.3, 0.4) is 0 Å². The third kappa shape index (κ3) is 4.98. The minimum atomic E-state index is -4.86. The number of alkyl halides is 3. The number of rotatable bonds is 6. The molecule has 2 aromatic rings. The fraction of sp³-hybridized carbons (Fsp3) is 0.286. The van der Waals surface area contributed by atoms with E-state index >= 15 is 0 Å². The maximum atomic E-state index is 12.1. The van der Waals surface area contributed by atoms with Crippen molar-refractivity contribution in [2.45, 2.75) is 24.3 Å². The molecule has 2 N–H and O–H groups in total. The molecule has 10 heteroatoms. The van der Waals surface area contributed by atoms with Gasteiger partial charge in [0.15, 0.2) is 0 Å². The van der Waals surface area contributed by atoms with E-state index in [0.717, 1.165) is 24.3 Å². The average molecular weight is 365 g/mol. The third-order valence-electron chi connectivity index (χ3n) is 2.92. The Hall–Kier alpha value is -2.04. The van der Waals surface area contributed by atoms with Crippen LogP contribution in [0.5, 0.6) is 5.75 Å². The molecule has 1 aromatic heterocycles. The lowest BCUT2D eigenvalue weighted by Crippen LogP contribution is -2.28. The second kappa shape index (κ2) is 6.83. The van der Waals surface area contributed by atoms with Gasteiger partial charge in [-0.3, -0.25) is 0 Å².